The molecule has 2 aromatic heterocycles. The van der Waals surface area contributed by atoms with E-state index < -0.39 is 0 Å². The number of hydrogen-bond donors (Lipinski definition) is 1. The fourth-order valence-corrected chi connectivity index (χ4v) is 3.87. The molecule has 0 radical (unpaired) electrons. The van der Waals surface area contributed by atoms with Crippen LogP contribution < -0.4 is 5.32 Å². The Balaban J connectivity index is 1.19. The van der Waals surface area contributed by atoms with Crippen molar-refractivity contribution in [2.24, 2.45) is 5.92 Å². The van der Waals surface area contributed by atoms with Crippen LogP contribution in [-0.4, -0.2) is 57.6 Å². The predicted octanol–water partition coefficient (Wildman–Crippen LogP) is 1.59. The van der Waals surface area contributed by atoms with Crippen LogP contribution in [0.25, 0.3) is 0 Å². The summed E-state index contributed by atoms with van der Waals surface area (Å²) < 4.78 is 6.20. The monoisotopic (exact) mass is 367 g/mol. The van der Waals surface area contributed by atoms with Crippen molar-refractivity contribution in [3.05, 3.63) is 53.9 Å². The van der Waals surface area contributed by atoms with Crippen molar-refractivity contribution in [3.8, 4) is 0 Å². The topological polar surface area (TPSA) is 80.2 Å². The highest BCUT2D eigenvalue weighted by Crippen LogP contribution is 2.36. The molecule has 0 saturated carbocycles. The SMILES string of the molecule is Cc1cccc(CN2CC3(CCC(CNC(=O)c4cnccn4)CO3)C2)n1. The molecule has 2 fully saturated rings. The van der Waals surface area contributed by atoms with Crippen LogP contribution >= 0.6 is 0 Å². The lowest BCUT2D eigenvalue weighted by Gasteiger charge is -2.52. The van der Waals surface area contributed by atoms with Crippen molar-refractivity contribution in [2.75, 3.05) is 26.2 Å². The molecular weight excluding hydrogens is 342 g/mol. The molecule has 1 amide bonds. The summed E-state index contributed by atoms with van der Waals surface area (Å²) in [6.07, 6.45) is 6.67. The van der Waals surface area contributed by atoms with Gasteiger partial charge in [-0.1, -0.05) is 6.07 Å². The van der Waals surface area contributed by atoms with E-state index in [1.165, 1.54) is 12.4 Å². The molecule has 2 aliphatic heterocycles. The van der Waals surface area contributed by atoms with Crippen molar-refractivity contribution >= 4 is 5.91 Å². The highest BCUT2D eigenvalue weighted by molar-refractivity contribution is 5.91. The number of hydrogen-bond acceptors (Lipinski definition) is 6. The zero-order valence-electron chi connectivity index (χ0n) is 15.6. The molecule has 27 heavy (non-hydrogen) atoms. The van der Waals surface area contributed by atoms with Crippen LogP contribution in [0.3, 0.4) is 0 Å². The summed E-state index contributed by atoms with van der Waals surface area (Å²) in [7, 11) is 0. The zero-order chi connectivity index (χ0) is 18.7. The maximum Gasteiger partial charge on any atom is 0.271 e. The van der Waals surface area contributed by atoms with Gasteiger partial charge in [0.2, 0.25) is 0 Å². The summed E-state index contributed by atoms with van der Waals surface area (Å²) in [5, 5.41) is 2.94. The van der Waals surface area contributed by atoms with Gasteiger partial charge in [-0.3, -0.25) is 19.7 Å². The molecule has 1 N–H and O–H groups in total. The Hall–Kier alpha value is -2.38. The van der Waals surface area contributed by atoms with Gasteiger partial charge in [0.25, 0.3) is 5.91 Å². The first-order chi connectivity index (χ1) is 13.1. The van der Waals surface area contributed by atoms with Gasteiger partial charge in [-0.25, -0.2) is 4.98 Å². The van der Waals surface area contributed by atoms with E-state index in [1.54, 1.807) is 6.20 Å². The van der Waals surface area contributed by atoms with Crippen molar-refractivity contribution in [1.82, 2.24) is 25.2 Å². The molecule has 142 valence electrons. The number of nitrogens with zero attached hydrogens (tertiary/aromatic N) is 4. The van der Waals surface area contributed by atoms with E-state index >= 15 is 0 Å². The second kappa shape index (κ2) is 7.70. The number of aromatic nitrogens is 3. The third-order valence-corrected chi connectivity index (χ3v) is 5.34. The van der Waals surface area contributed by atoms with Crippen LogP contribution in [0.15, 0.2) is 36.8 Å². The number of amides is 1. The van der Waals surface area contributed by atoms with Crippen LogP contribution in [0.5, 0.6) is 0 Å². The van der Waals surface area contributed by atoms with Crippen LogP contribution in [0, 0.1) is 12.8 Å². The second-order valence-electron chi connectivity index (χ2n) is 7.61. The summed E-state index contributed by atoms with van der Waals surface area (Å²) in [5.41, 5.74) is 2.52. The summed E-state index contributed by atoms with van der Waals surface area (Å²) in [5.74, 6) is 0.174. The molecule has 0 bridgehead atoms. The number of rotatable bonds is 5. The van der Waals surface area contributed by atoms with Gasteiger partial charge in [-0.15, -0.1) is 0 Å². The molecule has 1 spiro atoms. The van der Waals surface area contributed by atoms with Gasteiger partial charge >= 0.3 is 0 Å². The number of carbonyl (C=O) groups is 1. The zero-order valence-corrected chi connectivity index (χ0v) is 15.6. The number of nitrogens with one attached hydrogen (secondary N) is 1. The molecule has 0 aliphatic carbocycles. The van der Waals surface area contributed by atoms with Crippen molar-refractivity contribution in [1.29, 1.82) is 0 Å². The normalized spacial score (nSPS) is 21.6. The largest absolute Gasteiger partial charge is 0.372 e. The molecular formula is C20H25N5O2. The molecule has 1 unspecified atom stereocenters. The molecule has 4 heterocycles. The predicted molar refractivity (Wildman–Crippen MR) is 100 cm³/mol. The van der Waals surface area contributed by atoms with Crippen molar-refractivity contribution in [3.63, 3.8) is 0 Å². The third kappa shape index (κ3) is 4.31. The second-order valence-corrected chi connectivity index (χ2v) is 7.61. The minimum Gasteiger partial charge on any atom is -0.372 e. The van der Waals surface area contributed by atoms with Crippen molar-refractivity contribution in [2.45, 2.75) is 31.9 Å². The lowest BCUT2D eigenvalue weighted by molar-refractivity contribution is -0.181. The Morgan fingerprint density at radius 3 is 2.96 bits per heavy atom. The lowest BCUT2D eigenvalue weighted by Crippen LogP contribution is -2.64. The first kappa shape index (κ1) is 18.0. The average molecular weight is 367 g/mol. The van der Waals surface area contributed by atoms with Crippen molar-refractivity contribution < 1.29 is 9.53 Å². The molecule has 2 saturated heterocycles. The Labute approximate surface area is 159 Å². The molecule has 1 atom stereocenters. The number of pyridine rings is 1. The van der Waals surface area contributed by atoms with E-state index in [9.17, 15) is 4.79 Å². The Kier molecular flexibility index (Phi) is 5.13. The van der Waals surface area contributed by atoms with Gasteiger partial charge in [-0.05, 0) is 37.8 Å². The first-order valence-corrected chi connectivity index (χ1v) is 9.45. The lowest BCUT2D eigenvalue weighted by atomic mass is 9.83. The van der Waals surface area contributed by atoms with E-state index in [0.717, 1.165) is 43.9 Å². The van der Waals surface area contributed by atoms with E-state index in [2.05, 4.69) is 37.3 Å². The minimum atomic E-state index is -0.177. The third-order valence-electron chi connectivity index (χ3n) is 5.34. The van der Waals surface area contributed by atoms with E-state index in [4.69, 9.17) is 4.74 Å². The van der Waals surface area contributed by atoms with Gasteiger partial charge in [0.1, 0.15) is 5.69 Å². The highest BCUT2D eigenvalue weighted by Gasteiger charge is 2.46. The smallest absolute Gasteiger partial charge is 0.271 e. The standard InChI is InChI=1S/C20H25N5O2/c1-15-3-2-4-17(24-15)11-25-13-20(14-25)6-5-16(12-27-20)9-23-19(26)18-10-21-7-8-22-18/h2-4,7-8,10,16H,5-6,9,11-14H2,1H3,(H,23,26). The highest BCUT2D eigenvalue weighted by atomic mass is 16.5. The quantitative estimate of drug-likeness (QED) is 0.864. The van der Waals surface area contributed by atoms with Gasteiger partial charge < -0.3 is 10.1 Å². The van der Waals surface area contributed by atoms with Gasteiger partial charge in [0, 0.05) is 44.3 Å². The molecule has 7 heteroatoms. The number of ether oxygens (including phenoxy) is 1. The Morgan fingerprint density at radius 2 is 2.26 bits per heavy atom. The average Bonchev–Trinajstić information content (AvgIpc) is 2.67. The van der Waals surface area contributed by atoms with Gasteiger partial charge in [0.05, 0.1) is 24.1 Å². The summed E-state index contributed by atoms with van der Waals surface area (Å²) in [4.78, 5) is 27.0. The van der Waals surface area contributed by atoms with Gasteiger partial charge in [0.15, 0.2) is 0 Å². The van der Waals surface area contributed by atoms with Crippen LogP contribution in [0.1, 0.15) is 34.7 Å². The maximum absolute atomic E-state index is 12.1. The van der Waals surface area contributed by atoms with E-state index in [1.807, 2.05) is 13.0 Å². The minimum absolute atomic E-state index is 0.00472. The van der Waals surface area contributed by atoms with Crippen LogP contribution in [-0.2, 0) is 11.3 Å². The molecule has 0 aromatic carbocycles. The maximum atomic E-state index is 12.1. The number of aryl methyl sites for hydroxylation is 1. The number of likely N-dealkylation sites (tertiary alicyclic amines) is 1. The summed E-state index contributed by atoms with van der Waals surface area (Å²) in [6, 6.07) is 6.16. The Morgan fingerprint density at radius 1 is 1.37 bits per heavy atom. The fraction of sp³-hybridized carbons (Fsp3) is 0.500. The van der Waals surface area contributed by atoms with E-state index in [-0.39, 0.29) is 11.5 Å². The summed E-state index contributed by atoms with van der Waals surface area (Å²) in [6.45, 7) is 6.13. The molecule has 7 nitrogen and oxygen atoms in total. The Bertz CT molecular complexity index is 782. The summed E-state index contributed by atoms with van der Waals surface area (Å²) >= 11 is 0. The van der Waals surface area contributed by atoms with Crippen LogP contribution in [0.2, 0.25) is 0 Å². The van der Waals surface area contributed by atoms with Gasteiger partial charge in [-0.2, -0.15) is 0 Å². The fourth-order valence-electron chi connectivity index (χ4n) is 3.87. The van der Waals surface area contributed by atoms with E-state index in [0.29, 0.717) is 24.8 Å². The van der Waals surface area contributed by atoms with Crippen LogP contribution in [0.4, 0.5) is 0 Å². The molecule has 2 aromatic rings. The molecule has 4 rings (SSSR count). The molecule has 2 aliphatic rings. The number of carbonyl (C=O) groups excluding carboxylic acids is 1. The first-order valence-electron chi connectivity index (χ1n) is 9.45.